The zero-order chi connectivity index (χ0) is 13.6. The van der Waals surface area contributed by atoms with Crippen LogP contribution < -0.4 is 0 Å². The number of alkyl halides is 1. The summed E-state index contributed by atoms with van der Waals surface area (Å²) in [5, 5.41) is 0.638. The number of nitrogens with zero attached hydrogens (tertiary/aromatic N) is 2. The van der Waals surface area contributed by atoms with E-state index in [9.17, 15) is 8.42 Å². The predicted octanol–water partition coefficient (Wildman–Crippen LogP) is 1.31. The SMILES string of the molecule is COCCN(CCBr)S(=O)(=O)N1CCCC(C)C1. The van der Waals surface area contributed by atoms with Crippen molar-refractivity contribution in [2.24, 2.45) is 5.92 Å². The van der Waals surface area contributed by atoms with Crippen molar-refractivity contribution in [3.8, 4) is 0 Å². The summed E-state index contributed by atoms with van der Waals surface area (Å²) in [4.78, 5) is 0. The van der Waals surface area contributed by atoms with E-state index < -0.39 is 10.2 Å². The zero-order valence-corrected chi connectivity index (χ0v) is 13.5. The zero-order valence-electron chi connectivity index (χ0n) is 11.1. The van der Waals surface area contributed by atoms with E-state index in [2.05, 4.69) is 22.9 Å². The van der Waals surface area contributed by atoms with Crippen molar-refractivity contribution in [1.82, 2.24) is 8.61 Å². The van der Waals surface area contributed by atoms with Gasteiger partial charge in [-0.25, -0.2) is 0 Å². The predicted molar refractivity (Wildman–Crippen MR) is 76.1 cm³/mol. The van der Waals surface area contributed by atoms with Crippen molar-refractivity contribution >= 4 is 26.1 Å². The summed E-state index contributed by atoms with van der Waals surface area (Å²) in [6.07, 6.45) is 2.06. The topological polar surface area (TPSA) is 49.9 Å². The van der Waals surface area contributed by atoms with Crippen LogP contribution in [0.2, 0.25) is 0 Å². The third-order valence-electron chi connectivity index (χ3n) is 3.15. The standard InChI is InChI=1S/C11H23BrN2O3S/c1-11-4-3-6-14(10-11)18(15,16)13(7-5-12)8-9-17-2/h11H,3-10H2,1-2H3. The second-order valence-electron chi connectivity index (χ2n) is 4.69. The Balaban J connectivity index is 2.72. The van der Waals surface area contributed by atoms with Crippen LogP contribution in [0.1, 0.15) is 19.8 Å². The fourth-order valence-electron chi connectivity index (χ4n) is 2.15. The molecule has 1 aliphatic rings. The highest BCUT2D eigenvalue weighted by molar-refractivity contribution is 9.09. The minimum Gasteiger partial charge on any atom is -0.383 e. The lowest BCUT2D eigenvalue weighted by molar-refractivity contribution is 0.175. The van der Waals surface area contributed by atoms with Crippen molar-refractivity contribution < 1.29 is 13.2 Å². The van der Waals surface area contributed by atoms with E-state index in [0.717, 1.165) is 12.8 Å². The van der Waals surface area contributed by atoms with Gasteiger partial charge in [0.2, 0.25) is 0 Å². The van der Waals surface area contributed by atoms with Gasteiger partial charge in [-0.05, 0) is 18.8 Å². The van der Waals surface area contributed by atoms with Crippen LogP contribution in [0.5, 0.6) is 0 Å². The number of methoxy groups -OCH3 is 1. The minimum atomic E-state index is -3.33. The molecular formula is C11H23BrN2O3S. The van der Waals surface area contributed by atoms with E-state index >= 15 is 0 Å². The Morgan fingerprint density at radius 2 is 2.17 bits per heavy atom. The third kappa shape index (κ3) is 4.45. The summed E-state index contributed by atoms with van der Waals surface area (Å²) in [5.41, 5.74) is 0. The van der Waals surface area contributed by atoms with Gasteiger partial charge in [0.05, 0.1) is 6.61 Å². The summed E-state index contributed by atoms with van der Waals surface area (Å²) < 4.78 is 33.1. The van der Waals surface area contributed by atoms with Crippen molar-refractivity contribution in [3.63, 3.8) is 0 Å². The van der Waals surface area contributed by atoms with Gasteiger partial charge >= 0.3 is 0 Å². The van der Waals surface area contributed by atoms with E-state index in [1.54, 1.807) is 11.4 Å². The highest BCUT2D eigenvalue weighted by atomic mass is 79.9. The van der Waals surface area contributed by atoms with Gasteiger partial charge in [-0.15, -0.1) is 0 Å². The van der Waals surface area contributed by atoms with E-state index in [-0.39, 0.29) is 0 Å². The van der Waals surface area contributed by atoms with Crippen LogP contribution >= 0.6 is 15.9 Å². The quantitative estimate of drug-likeness (QED) is 0.655. The van der Waals surface area contributed by atoms with E-state index in [1.807, 2.05) is 0 Å². The average Bonchev–Trinajstić information content (AvgIpc) is 2.34. The summed E-state index contributed by atoms with van der Waals surface area (Å²) in [6.45, 7) is 4.69. The first-order valence-corrected chi connectivity index (χ1v) is 8.84. The molecule has 0 aliphatic carbocycles. The molecule has 0 radical (unpaired) electrons. The van der Waals surface area contributed by atoms with Crippen LogP contribution in [-0.4, -0.2) is 62.3 Å². The fraction of sp³-hybridized carbons (Fsp3) is 1.00. The molecule has 108 valence electrons. The molecule has 0 saturated carbocycles. The lowest BCUT2D eigenvalue weighted by atomic mass is 10.0. The maximum absolute atomic E-state index is 12.5. The highest BCUT2D eigenvalue weighted by Gasteiger charge is 2.31. The molecule has 1 unspecified atom stereocenters. The van der Waals surface area contributed by atoms with Gasteiger partial charge in [0.25, 0.3) is 10.2 Å². The molecule has 1 aliphatic heterocycles. The molecule has 1 fully saturated rings. The van der Waals surface area contributed by atoms with Crippen LogP contribution in [-0.2, 0) is 14.9 Å². The first kappa shape index (κ1) is 16.4. The third-order valence-corrected chi connectivity index (χ3v) is 5.51. The number of hydrogen-bond donors (Lipinski definition) is 0. The Morgan fingerprint density at radius 3 is 2.72 bits per heavy atom. The summed E-state index contributed by atoms with van der Waals surface area (Å²) >= 11 is 3.30. The lowest BCUT2D eigenvalue weighted by Gasteiger charge is -2.34. The molecule has 0 spiro atoms. The van der Waals surface area contributed by atoms with Gasteiger partial charge < -0.3 is 4.74 Å². The van der Waals surface area contributed by atoms with Crippen LogP contribution in [0.25, 0.3) is 0 Å². The molecule has 1 rings (SSSR count). The largest absolute Gasteiger partial charge is 0.383 e. The van der Waals surface area contributed by atoms with Crippen LogP contribution in [0, 0.1) is 5.92 Å². The normalized spacial score (nSPS) is 22.6. The molecule has 1 heterocycles. The molecule has 0 bridgehead atoms. The Morgan fingerprint density at radius 1 is 1.44 bits per heavy atom. The Bertz CT molecular complexity index is 337. The molecular weight excluding hydrogens is 320 g/mol. The lowest BCUT2D eigenvalue weighted by Crippen LogP contribution is -2.49. The number of piperidine rings is 1. The maximum Gasteiger partial charge on any atom is 0.282 e. The Labute approximate surface area is 119 Å². The highest BCUT2D eigenvalue weighted by Crippen LogP contribution is 2.20. The molecule has 0 aromatic rings. The van der Waals surface area contributed by atoms with Crippen LogP contribution in [0.4, 0.5) is 0 Å². The molecule has 7 heteroatoms. The maximum atomic E-state index is 12.5. The molecule has 1 atom stereocenters. The fourth-order valence-corrected chi connectivity index (χ4v) is 4.57. The second-order valence-corrected chi connectivity index (χ2v) is 7.42. The molecule has 1 saturated heterocycles. The number of rotatable bonds is 7. The minimum absolute atomic E-state index is 0.412. The summed E-state index contributed by atoms with van der Waals surface area (Å²) in [7, 11) is -1.75. The monoisotopic (exact) mass is 342 g/mol. The van der Waals surface area contributed by atoms with Crippen LogP contribution in [0.15, 0.2) is 0 Å². The number of hydrogen-bond acceptors (Lipinski definition) is 3. The van der Waals surface area contributed by atoms with Gasteiger partial charge in [-0.3, -0.25) is 0 Å². The van der Waals surface area contributed by atoms with Crippen molar-refractivity contribution in [2.75, 3.05) is 45.2 Å². The van der Waals surface area contributed by atoms with Gasteiger partial charge in [-0.1, -0.05) is 22.9 Å². The first-order valence-electron chi connectivity index (χ1n) is 6.32. The second kappa shape index (κ2) is 7.79. The Hall–Kier alpha value is 0.310. The van der Waals surface area contributed by atoms with E-state index in [0.29, 0.717) is 44.0 Å². The number of halogens is 1. The molecule has 0 amide bonds. The molecule has 5 nitrogen and oxygen atoms in total. The van der Waals surface area contributed by atoms with Crippen molar-refractivity contribution in [1.29, 1.82) is 0 Å². The number of ether oxygens (including phenoxy) is 1. The summed E-state index contributed by atoms with van der Waals surface area (Å²) in [6, 6.07) is 0. The van der Waals surface area contributed by atoms with E-state index in [4.69, 9.17) is 4.74 Å². The van der Waals surface area contributed by atoms with Gasteiger partial charge in [0, 0.05) is 38.6 Å². The van der Waals surface area contributed by atoms with Crippen LogP contribution in [0.3, 0.4) is 0 Å². The van der Waals surface area contributed by atoms with Gasteiger partial charge in [0.15, 0.2) is 0 Å². The van der Waals surface area contributed by atoms with Gasteiger partial charge in [-0.2, -0.15) is 17.0 Å². The molecule has 0 aromatic carbocycles. The van der Waals surface area contributed by atoms with Crippen molar-refractivity contribution in [3.05, 3.63) is 0 Å². The van der Waals surface area contributed by atoms with Crippen molar-refractivity contribution in [2.45, 2.75) is 19.8 Å². The molecule has 0 N–H and O–H groups in total. The summed E-state index contributed by atoms with van der Waals surface area (Å²) in [5.74, 6) is 0.446. The van der Waals surface area contributed by atoms with Gasteiger partial charge in [0.1, 0.15) is 0 Å². The average molecular weight is 343 g/mol. The first-order chi connectivity index (χ1) is 8.52. The van der Waals surface area contributed by atoms with E-state index in [1.165, 1.54) is 4.31 Å². The Kier molecular flexibility index (Phi) is 7.08. The molecule has 18 heavy (non-hydrogen) atoms. The molecule has 0 aromatic heterocycles. The smallest absolute Gasteiger partial charge is 0.282 e.